The highest BCUT2D eigenvalue weighted by Gasteiger charge is 2.10. The molecule has 0 amide bonds. The second-order valence-electron chi connectivity index (χ2n) is 4.71. The summed E-state index contributed by atoms with van der Waals surface area (Å²) in [6, 6.07) is 8.03. The Morgan fingerprint density at radius 1 is 1.20 bits per heavy atom. The third-order valence-electron chi connectivity index (χ3n) is 3.07. The van der Waals surface area contributed by atoms with Gasteiger partial charge in [0.1, 0.15) is 16.2 Å². The van der Waals surface area contributed by atoms with Crippen molar-refractivity contribution in [2.45, 2.75) is 20.3 Å². The van der Waals surface area contributed by atoms with Gasteiger partial charge in [0.05, 0.1) is 12.3 Å². The zero-order valence-electron chi connectivity index (χ0n) is 11.4. The maximum absolute atomic E-state index is 5.69. The molecule has 1 N–H and O–H groups in total. The summed E-state index contributed by atoms with van der Waals surface area (Å²) in [4.78, 5) is 8.77. The van der Waals surface area contributed by atoms with Crippen molar-refractivity contribution in [3.63, 3.8) is 0 Å². The maximum Gasteiger partial charge on any atom is 0.251 e. The van der Waals surface area contributed by atoms with E-state index in [0.717, 1.165) is 21.9 Å². The van der Waals surface area contributed by atoms with Gasteiger partial charge in [0.25, 0.3) is 5.78 Å². The van der Waals surface area contributed by atoms with Crippen LogP contribution in [0.25, 0.3) is 5.78 Å². The van der Waals surface area contributed by atoms with Crippen LogP contribution in [0, 0.1) is 13.8 Å². The number of nitrogens with zero attached hydrogens (tertiary/aromatic N) is 3. The number of hydrogen-bond acceptors (Lipinski definition) is 3. The summed E-state index contributed by atoms with van der Waals surface area (Å²) in [7, 11) is 0. The summed E-state index contributed by atoms with van der Waals surface area (Å²) >= 11 is 3.47. The van der Waals surface area contributed by atoms with Crippen LogP contribution in [0.1, 0.15) is 17.1 Å². The summed E-state index contributed by atoms with van der Waals surface area (Å²) in [5, 5.41) is 3.20. The summed E-state index contributed by atoms with van der Waals surface area (Å²) in [6.45, 7) is 4.57. The zero-order chi connectivity index (χ0) is 14.1. The molecule has 2 heterocycles. The topological polar surface area (TPSA) is 55.2 Å². The van der Waals surface area contributed by atoms with Gasteiger partial charge in [-0.05, 0) is 41.9 Å². The molecule has 0 spiro atoms. The van der Waals surface area contributed by atoms with Crippen molar-refractivity contribution >= 4 is 21.7 Å². The average molecular weight is 335 g/mol. The van der Waals surface area contributed by atoms with Gasteiger partial charge >= 0.3 is 0 Å². The molecule has 3 rings (SSSR count). The molecule has 0 atom stereocenters. The summed E-state index contributed by atoms with van der Waals surface area (Å²) in [5.41, 5.74) is 2.15. The van der Waals surface area contributed by atoms with Crippen LogP contribution in [0.4, 0.5) is 0 Å². The van der Waals surface area contributed by atoms with E-state index in [1.165, 1.54) is 5.56 Å². The highest BCUT2D eigenvalue weighted by molar-refractivity contribution is 9.10. The van der Waals surface area contributed by atoms with E-state index in [1.807, 2.05) is 35.7 Å². The minimum Gasteiger partial charge on any atom is -0.493 e. The van der Waals surface area contributed by atoms with E-state index >= 15 is 0 Å². The van der Waals surface area contributed by atoms with Crippen LogP contribution in [0.3, 0.4) is 0 Å². The van der Waals surface area contributed by atoms with Crippen LogP contribution in [0.2, 0.25) is 0 Å². The van der Waals surface area contributed by atoms with Crippen LogP contribution in [-0.4, -0.2) is 26.2 Å². The Morgan fingerprint density at radius 3 is 2.65 bits per heavy atom. The molecule has 1 aromatic carbocycles. The Balaban J connectivity index is 1.63. The smallest absolute Gasteiger partial charge is 0.251 e. The highest BCUT2D eigenvalue weighted by Crippen LogP contribution is 2.16. The Morgan fingerprint density at radius 2 is 1.95 bits per heavy atom. The first-order valence-corrected chi connectivity index (χ1v) is 7.21. The van der Waals surface area contributed by atoms with Gasteiger partial charge in [0.15, 0.2) is 0 Å². The Labute approximate surface area is 125 Å². The van der Waals surface area contributed by atoms with Crippen molar-refractivity contribution in [3.8, 4) is 5.75 Å². The van der Waals surface area contributed by atoms with Crippen molar-refractivity contribution in [2.24, 2.45) is 0 Å². The van der Waals surface area contributed by atoms with E-state index in [-0.39, 0.29) is 0 Å². The van der Waals surface area contributed by atoms with Gasteiger partial charge in [-0.25, -0.2) is 9.50 Å². The molecule has 0 bridgehead atoms. The van der Waals surface area contributed by atoms with Crippen molar-refractivity contribution in [1.82, 2.24) is 19.6 Å². The van der Waals surface area contributed by atoms with Crippen molar-refractivity contribution < 1.29 is 4.74 Å². The minimum absolute atomic E-state index is 0.580. The Hall–Kier alpha value is -1.82. The number of H-pyrrole nitrogens is 1. The summed E-state index contributed by atoms with van der Waals surface area (Å²) in [5.74, 6) is 2.42. The van der Waals surface area contributed by atoms with Gasteiger partial charge in [0.2, 0.25) is 0 Å². The average Bonchev–Trinajstić information content (AvgIpc) is 2.93. The molecule has 20 heavy (non-hydrogen) atoms. The van der Waals surface area contributed by atoms with Crippen LogP contribution < -0.4 is 4.74 Å². The second-order valence-corrected chi connectivity index (χ2v) is 5.46. The Bertz CT molecular complexity index is 730. The lowest BCUT2D eigenvalue weighted by Crippen LogP contribution is -2.03. The number of hydrogen-bond donors (Lipinski definition) is 1. The molecule has 3 aromatic rings. The number of ether oxygens (including phenoxy) is 1. The monoisotopic (exact) mass is 334 g/mol. The fraction of sp³-hybridized carbons (Fsp3) is 0.286. The second kappa shape index (κ2) is 5.28. The molecule has 0 aliphatic rings. The van der Waals surface area contributed by atoms with Gasteiger partial charge in [0, 0.05) is 6.42 Å². The van der Waals surface area contributed by atoms with Crippen LogP contribution in [0.5, 0.6) is 5.75 Å². The lowest BCUT2D eigenvalue weighted by molar-refractivity contribution is 0.319. The third kappa shape index (κ3) is 2.56. The number of fused-ring (bicyclic) bond motifs is 1. The van der Waals surface area contributed by atoms with Crippen molar-refractivity contribution in [1.29, 1.82) is 0 Å². The molecule has 6 heteroatoms. The van der Waals surface area contributed by atoms with Gasteiger partial charge in [-0.15, -0.1) is 0 Å². The molecule has 0 aliphatic carbocycles. The number of rotatable bonds is 4. The standard InChI is InChI=1S/C14H15BrN4O/c1-9-3-5-11(6-4-9)20-8-7-12-17-14-16-10(2)13(15)19(14)18-12/h3-6H,7-8H2,1-2H3,(H,16,17,18). The van der Waals surface area contributed by atoms with Gasteiger partial charge in [-0.3, -0.25) is 5.10 Å². The molecule has 0 radical (unpaired) electrons. The van der Waals surface area contributed by atoms with E-state index in [1.54, 1.807) is 0 Å². The number of aryl methyl sites for hydroxylation is 2. The third-order valence-corrected chi connectivity index (χ3v) is 4.00. The fourth-order valence-electron chi connectivity index (χ4n) is 1.96. The summed E-state index contributed by atoms with van der Waals surface area (Å²) in [6.07, 6.45) is 0.711. The van der Waals surface area contributed by atoms with E-state index in [4.69, 9.17) is 4.74 Å². The molecule has 0 fully saturated rings. The first kappa shape index (κ1) is 13.2. The first-order valence-electron chi connectivity index (χ1n) is 6.42. The van der Waals surface area contributed by atoms with Crippen molar-refractivity contribution in [2.75, 3.05) is 6.61 Å². The number of benzene rings is 1. The zero-order valence-corrected chi connectivity index (χ0v) is 12.9. The molecule has 0 saturated heterocycles. The number of aromatic amines is 1. The number of nitrogens with one attached hydrogen (secondary N) is 1. The van der Waals surface area contributed by atoms with Crippen LogP contribution >= 0.6 is 15.9 Å². The Kier molecular flexibility index (Phi) is 3.48. The molecular formula is C14H15BrN4O. The van der Waals surface area contributed by atoms with Gasteiger partial charge in [-0.2, -0.15) is 4.98 Å². The van der Waals surface area contributed by atoms with Crippen LogP contribution in [-0.2, 0) is 6.42 Å². The quantitative estimate of drug-likeness (QED) is 0.797. The van der Waals surface area contributed by atoms with E-state index in [2.05, 4.69) is 37.9 Å². The molecule has 0 aliphatic heterocycles. The van der Waals surface area contributed by atoms with Crippen molar-refractivity contribution in [3.05, 3.63) is 46.0 Å². The molecule has 0 saturated carbocycles. The minimum atomic E-state index is 0.580. The normalized spacial score (nSPS) is 11.2. The highest BCUT2D eigenvalue weighted by atomic mass is 79.9. The lowest BCUT2D eigenvalue weighted by Gasteiger charge is -2.04. The first-order chi connectivity index (χ1) is 9.63. The van der Waals surface area contributed by atoms with E-state index in [9.17, 15) is 0 Å². The molecular weight excluding hydrogens is 320 g/mol. The van der Waals surface area contributed by atoms with Gasteiger partial charge < -0.3 is 4.74 Å². The number of aromatic nitrogens is 4. The molecule has 0 unspecified atom stereocenters. The molecule has 104 valence electrons. The van der Waals surface area contributed by atoms with Crippen LogP contribution in [0.15, 0.2) is 28.9 Å². The predicted molar refractivity (Wildman–Crippen MR) is 80.2 cm³/mol. The molecule has 5 nitrogen and oxygen atoms in total. The lowest BCUT2D eigenvalue weighted by atomic mass is 10.2. The fourth-order valence-corrected chi connectivity index (χ4v) is 2.29. The maximum atomic E-state index is 5.69. The van der Waals surface area contributed by atoms with Gasteiger partial charge in [-0.1, -0.05) is 17.7 Å². The summed E-state index contributed by atoms with van der Waals surface area (Å²) < 4.78 is 8.43. The van der Waals surface area contributed by atoms with E-state index in [0.29, 0.717) is 18.8 Å². The largest absolute Gasteiger partial charge is 0.493 e. The number of halogens is 1. The molecule has 2 aromatic heterocycles. The number of imidazole rings is 1. The predicted octanol–water partition coefficient (Wildman–Crippen LogP) is 3.06. The SMILES string of the molecule is Cc1ccc(OCCc2nc3nc(C)c(Br)n3[nH]2)cc1. The van der Waals surface area contributed by atoms with E-state index < -0.39 is 0 Å².